The Hall–Kier alpha value is -1.92. The average molecular weight is 306 g/mol. The van der Waals surface area contributed by atoms with Crippen LogP contribution in [0, 0.1) is 6.92 Å². The number of ether oxygens (including phenoxy) is 1. The van der Waals surface area contributed by atoms with Crippen molar-refractivity contribution < 1.29 is 13.2 Å². The van der Waals surface area contributed by atoms with E-state index in [1.807, 2.05) is 26.0 Å². The van der Waals surface area contributed by atoms with Crippen molar-refractivity contribution in [2.45, 2.75) is 25.3 Å². The van der Waals surface area contributed by atoms with Crippen molar-refractivity contribution in [3.05, 3.63) is 53.9 Å². The Morgan fingerprint density at radius 1 is 1.29 bits per heavy atom. The molecule has 2 rings (SSSR count). The van der Waals surface area contributed by atoms with E-state index >= 15 is 0 Å². The van der Waals surface area contributed by atoms with Gasteiger partial charge >= 0.3 is 0 Å². The van der Waals surface area contributed by atoms with Gasteiger partial charge in [-0.05, 0) is 43.2 Å². The molecule has 1 aromatic carbocycles. The third kappa shape index (κ3) is 4.03. The highest BCUT2D eigenvalue weighted by Crippen LogP contribution is 2.25. The molecule has 0 aliphatic heterocycles. The normalized spacial score (nSPS) is 11.3. The predicted octanol–water partition coefficient (Wildman–Crippen LogP) is 2.27. The summed E-state index contributed by atoms with van der Waals surface area (Å²) in [6.07, 6.45) is 3.27. The van der Waals surface area contributed by atoms with E-state index in [1.165, 1.54) is 0 Å². The molecule has 0 amide bonds. The number of hydrogen-bond donors (Lipinski definition) is 1. The van der Waals surface area contributed by atoms with Gasteiger partial charge < -0.3 is 4.74 Å². The lowest BCUT2D eigenvalue weighted by Crippen LogP contribution is -2.24. The number of benzene rings is 1. The van der Waals surface area contributed by atoms with E-state index in [1.54, 1.807) is 30.6 Å². The van der Waals surface area contributed by atoms with Crippen LogP contribution in [-0.2, 0) is 16.6 Å². The van der Waals surface area contributed by atoms with E-state index in [0.717, 1.165) is 11.1 Å². The van der Waals surface area contributed by atoms with E-state index in [4.69, 9.17) is 4.74 Å². The molecule has 6 heteroatoms. The maximum atomic E-state index is 12.4. The number of pyridine rings is 1. The van der Waals surface area contributed by atoms with Crippen LogP contribution in [-0.4, -0.2) is 20.0 Å². The van der Waals surface area contributed by atoms with Gasteiger partial charge in [-0.3, -0.25) is 4.98 Å². The molecule has 0 aliphatic rings. The van der Waals surface area contributed by atoms with Crippen molar-refractivity contribution in [1.29, 1.82) is 0 Å². The van der Waals surface area contributed by atoms with Crippen LogP contribution in [0.5, 0.6) is 5.75 Å². The molecule has 21 heavy (non-hydrogen) atoms. The van der Waals surface area contributed by atoms with Gasteiger partial charge in [0.1, 0.15) is 10.6 Å². The number of nitrogens with one attached hydrogen (secondary N) is 1. The lowest BCUT2D eigenvalue weighted by Gasteiger charge is -2.12. The molecule has 0 radical (unpaired) electrons. The highest BCUT2D eigenvalue weighted by atomic mass is 32.2. The number of aromatic nitrogens is 1. The van der Waals surface area contributed by atoms with Crippen LogP contribution in [0.3, 0.4) is 0 Å². The van der Waals surface area contributed by atoms with Gasteiger partial charge in [-0.25, -0.2) is 13.1 Å². The van der Waals surface area contributed by atoms with Gasteiger partial charge in [-0.15, -0.1) is 0 Å². The number of aryl methyl sites for hydroxylation is 1. The monoisotopic (exact) mass is 306 g/mol. The molecule has 1 N–H and O–H groups in total. The van der Waals surface area contributed by atoms with Crippen LogP contribution in [0.1, 0.15) is 18.1 Å². The SMILES string of the molecule is CCOc1ccc(C)cc1S(=O)(=O)NCc1cccnc1. The molecule has 1 aromatic heterocycles. The molecule has 2 aromatic rings. The molecule has 0 bridgehead atoms. The summed E-state index contributed by atoms with van der Waals surface area (Å²) in [5.74, 6) is 0.363. The second-order valence-electron chi connectivity index (χ2n) is 4.57. The molecule has 5 nitrogen and oxygen atoms in total. The van der Waals surface area contributed by atoms with E-state index in [-0.39, 0.29) is 11.4 Å². The first-order valence-corrected chi connectivity index (χ1v) is 8.13. The molecular formula is C15H18N2O3S. The van der Waals surface area contributed by atoms with Crippen LogP contribution in [0.25, 0.3) is 0 Å². The Kier molecular flexibility index (Phi) is 4.93. The van der Waals surface area contributed by atoms with Crippen molar-refractivity contribution >= 4 is 10.0 Å². The first-order valence-electron chi connectivity index (χ1n) is 6.65. The average Bonchev–Trinajstić information content (AvgIpc) is 2.48. The van der Waals surface area contributed by atoms with Crippen molar-refractivity contribution in [1.82, 2.24) is 9.71 Å². The third-order valence-electron chi connectivity index (χ3n) is 2.88. The van der Waals surface area contributed by atoms with Crippen LogP contribution >= 0.6 is 0 Å². The van der Waals surface area contributed by atoms with Gasteiger partial charge in [0, 0.05) is 18.9 Å². The molecule has 0 saturated carbocycles. The summed E-state index contributed by atoms with van der Waals surface area (Å²) in [4.78, 5) is 4.12. The van der Waals surface area contributed by atoms with Gasteiger partial charge in [0.15, 0.2) is 0 Å². The molecule has 0 aliphatic carbocycles. The summed E-state index contributed by atoms with van der Waals surface area (Å²) in [6.45, 7) is 4.26. The predicted molar refractivity (Wildman–Crippen MR) is 80.6 cm³/mol. The zero-order chi connectivity index (χ0) is 15.3. The summed E-state index contributed by atoms with van der Waals surface area (Å²) < 4.78 is 32.9. The molecular weight excluding hydrogens is 288 g/mol. The van der Waals surface area contributed by atoms with Crippen LogP contribution in [0.15, 0.2) is 47.6 Å². The fourth-order valence-corrected chi connectivity index (χ4v) is 3.10. The summed E-state index contributed by atoms with van der Waals surface area (Å²) in [6, 6.07) is 8.69. The highest BCUT2D eigenvalue weighted by molar-refractivity contribution is 7.89. The largest absolute Gasteiger partial charge is 0.492 e. The number of rotatable bonds is 6. The summed E-state index contributed by atoms with van der Waals surface area (Å²) in [7, 11) is -3.64. The third-order valence-corrected chi connectivity index (χ3v) is 4.30. The molecule has 0 atom stereocenters. The van der Waals surface area contributed by atoms with Crippen LogP contribution in [0.2, 0.25) is 0 Å². The summed E-state index contributed by atoms with van der Waals surface area (Å²) in [5, 5.41) is 0. The molecule has 0 spiro atoms. The van der Waals surface area contributed by atoms with E-state index in [9.17, 15) is 8.42 Å². The van der Waals surface area contributed by atoms with E-state index < -0.39 is 10.0 Å². The Morgan fingerprint density at radius 2 is 2.10 bits per heavy atom. The minimum atomic E-state index is -3.64. The smallest absolute Gasteiger partial charge is 0.244 e. The lowest BCUT2D eigenvalue weighted by atomic mass is 10.2. The van der Waals surface area contributed by atoms with Crippen molar-refractivity contribution in [2.24, 2.45) is 0 Å². The second-order valence-corrected chi connectivity index (χ2v) is 6.30. The number of sulfonamides is 1. The summed E-state index contributed by atoms with van der Waals surface area (Å²) >= 11 is 0. The topological polar surface area (TPSA) is 68.3 Å². The number of hydrogen-bond acceptors (Lipinski definition) is 4. The van der Waals surface area contributed by atoms with Gasteiger partial charge in [-0.1, -0.05) is 12.1 Å². The maximum Gasteiger partial charge on any atom is 0.244 e. The van der Waals surface area contributed by atoms with Gasteiger partial charge in [0.05, 0.1) is 6.61 Å². The first kappa shape index (κ1) is 15.5. The number of nitrogens with zero attached hydrogens (tertiary/aromatic N) is 1. The molecule has 112 valence electrons. The van der Waals surface area contributed by atoms with Crippen molar-refractivity contribution in [3.63, 3.8) is 0 Å². The second kappa shape index (κ2) is 6.69. The zero-order valence-corrected chi connectivity index (χ0v) is 12.9. The van der Waals surface area contributed by atoms with E-state index in [0.29, 0.717) is 12.4 Å². The minimum absolute atomic E-state index is 0.160. The van der Waals surface area contributed by atoms with Crippen LogP contribution in [0.4, 0.5) is 0 Å². The minimum Gasteiger partial charge on any atom is -0.492 e. The molecule has 0 fully saturated rings. The Morgan fingerprint density at radius 3 is 2.76 bits per heavy atom. The maximum absolute atomic E-state index is 12.4. The zero-order valence-electron chi connectivity index (χ0n) is 12.0. The fraction of sp³-hybridized carbons (Fsp3) is 0.267. The Balaban J connectivity index is 2.24. The Labute approximate surface area is 125 Å². The standard InChI is InChI=1S/C15H18N2O3S/c1-3-20-14-7-6-12(2)9-15(14)21(18,19)17-11-13-5-4-8-16-10-13/h4-10,17H,3,11H2,1-2H3. The van der Waals surface area contributed by atoms with E-state index in [2.05, 4.69) is 9.71 Å². The quantitative estimate of drug-likeness (QED) is 0.889. The highest BCUT2D eigenvalue weighted by Gasteiger charge is 2.19. The van der Waals surface area contributed by atoms with Crippen LogP contribution < -0.4 is 9.46 Å². The van der Waals surface area contributed by atoms with Gasteiger partial charge in [-0.2, -0.15) is 0 Å². The fourth-order valence-electron chi connectivity index (χ4n) is 1.86. The van der Waals surface area contributed by atoms with Crippen molar-refractivity contribution in [2.75, 3.05) is 6.61 Å². The molecule has 1 heterocycles. The van der Waals surface area contributed by atoms with Crippen molar-refractivity contribution in [3.8, 4) is 5.75 Å². The molecule has 0 saturated heterocycles. The molecule has 0 unspecified atom stereocenters. The first-order chi connectivity index (χ1) is 10.0. The summed E-state index contributed by atoms with van der Waals surface area (Å²) in [5.41, 5.74) is 1.66. The van der Waals surface area contributed by atoms with Gasteiger partial charge in [0.2, 0.25) is 10.0 Å². The lowest BCUT2D eigenvalue weighted by molar-refractivity contribution is 0.331. The van der Waals surface area contributed by atoms with Gasteiger partial charge in [0.25, 0.3) is 0 Å². The Bertz CT molecular complexity index is 700.